The number of amides is 1. The molecule has 1 aromatic carbocycles. The zero-order valence-electron chi connectivity index (χ0n) is 12.7. The maximum absolute atomic E-state index is 11.6. The van der Waals surface area contributed by atoms with Gasteiger partial charge in [-0.05, 0) is 25.5 Å². The topological polar surface area (TPSA) is 70.1 Å². The van der Waals surface area contributed by atoms with Crippen molar-refractivity contribution in [2.24, 2.45) is 0 Å². The van der Waals surface area contributed by atoms with Crippen molar-refractivity contribution in [3.05, 3.63) is 35.9 Å². The van der Waals surface area contributed by atoms with Crippen molar-refractivity contribution >= 4 is 19.6 Å². The van der Waals surface area contributed by atoms with Crippen LogP contribution in [0.5, 0.6) is 0 Å². The molecule has 1 amide bonds. The van der Waals surface area contributed by atoms with E-state index in [9.17, 15) is 9.59 Å². The van der Waals surface area contributed by atoms with Crippen LogP contribution >= 0.6 is 0 Å². The first-order valence-corrected chi connectivity index (χ1v) is 7.40. The molecule has 1 heterocycles. The Kier molecular flexibility index (Phi) is 6.12. The summed E-state index contributed by atoms with van der Waals surface area (Å²) in [5.41, 5.74) is 0.815. The van der Waals surface area contributed by atoms with E-state index in [4.69, 9.17) is 9.86 Å². The zero-order valence-corrected chi connectivity index (χ0v) is 12.7. The van der Waals surface area contributed by atoms with Gasteiger partial charge in [-0.25, -0.2) is 5.06 Å². The van der Waals surface area contributed by atoms with Crippen molar-refractivity contribution in [2.45, 2.75) is 31.5 Å². The average molecular weight is 304 g/mol. The minimum Gasteiger partial charge on any atom is -0.447 e. The maximum Gasteiger partial charge on any atom is 0.350 e. The molecular weight excluding hydrogens is 283 g/mol. The fraction of sp³-hybridized carbons (Fsp3) is 0.467. The van der Waals surface area contributed by atoms with E-state index in [1.165, 1.54) is 5.06 Å². The third kappa shape index (κ3) is 4.16. The standard InChI is InChI=1S/C15H21BN2O4/c1-17-9-13(7-8-14(17)15(20)16-21)18(11-19)22-10-12-5-3-2-4-6-12/h2-6,11,13-14,16,21H,7-10H2,1H3/t13-,14+/m1/s1. The molecule has 0 unspecified atom stereocenters. The lowest BCUT2D eigenvalue weighted by atomic mass is 9.82. The third-order valence-corrected chi connectivity index (χ3v) is 4.02. The van der Waals surface area contributed by atoms with Crippen molar-refractivity contribution in [2.75, 3.05) is 13.6 Å². The van der Waals surface area contributed by atoms with Crippen LogP contribution in [0, 0.1) is 0 Å². The molecule has 1 N–H and O–H groups in total. The lowest BCUT2D eigenvalue weighted by Gasteiger charge is -2.39. The summed E-state index contributed by atoms with van der Waals surface area (Å²) in [4.78, 5) is 30.4. The molecule has 2 rings (SSSR count). The number of nitrogens with zero attached hydrogens (tertiary/aromatic N) is 2. The lowest BCUT2D eigenvalue weighted by molar-refractivity contribution is -0.198. The molecule has 2 atom stereocenters. The zero-order chi connectivity index (χ0) is 15.9. The quantitative estimate of drug-likeness (QED) is 0.433. The Morgan fingerprint density at radius 2 is 2.18 bits per heavy atom. The second kappa shape index (κ2) is 8.07. The highest BCUT2D eigenvalue weighted by Crippen LogP contribution is 2.20. The third-order valence-electron chi connectivity index (χ3n) is 4.02. The monoisotopic (exact) mass is 304 g/mol. The highest BCUT2D eigenvalue weighted by molar-refractivity contribution is 6.69. The molecule has 6 nitrogen and oxygen atoms in total. The molecule has 1 saturated heterocycles. The van der Waals surface area contributed by atoms with Crippen molar-refractivity contribution in [1.29, 1.82) is 0 Å². The van der Waals surface area contributed by atoms with Gasteiger partial charge in [0, 0.05) is 6.54 Å². The number of hydrogen-bond donors (Lipinski definition) is 1. The van der Waals surface area contributed by atoms with Crippen LogP contribution in [0.15, 0.2) is 30.3 Å². The fourth-order valence-corrected chi connectivity index (χ4v) is 2.79. The summed E-state index contributed by atoms with van der Waals surface area (Å²) in [7, 11) is 1.38. The lowest BCUT2D eigenvalue weighted by Crippen LogP contribution is -2.53. The Bertz CT molecular complexity index is 500. The van der Waals surface area contributed by atoms with Gasteiger partial charge in [0.05, 0.1) is 12.1 Å². The van der Waals surface area contributed by atoms with Gasteiger partial charge in [0.2, 0.25) is 6.41 Å². The van der Waals surface area contributed by atoms with Crippen LogP contribution in [0.4, 0.5) is 0 Å². The van der Waals surface area contributed by atoms with Crippen LogP contribution in [0.3, 0.4) is 0 Å². The number of rotatable bonds is 7. The van der Waals surface area contributed by atoms with E-state index < -0.39 is 7.48 Å². The van der Waals surface area contributed by atoms with Crippen molar-refractivity contribution in [3.63, 3.8) is 0 Å². The van der Waals surface area contributed by atoms with Gasteiger partial charge in [0.25, 0.3) is 0 Å². The van der Waals surface area contributed by atoms with Crippen molar-refractivity contribution < 1.29 is 19.5 Å². The fourth-order valence-electron chi connectivity index (χ4n) is 2.79. The smallest absolute Gasteiger partial charge is 0.350 e. The summed E-state index contributed by atoms with van der Waals surface area (Å²) in [5, 5.41) is 10.3. The van der Waals surface area contributed by atoms with Gasteiger partial charge in [-0.2, -0.15) is 0 Å². The first-order chi connectivity index (χ1) is 10.7. The average Bonchev–Trinajstić information content (AvgIpc) is 2.56. The SMILES string of the molecule is CN1C[C@H](N(C=O)OCc2ccccc2)CC[C@H]1C(=O)BO. The van der Waals surface area contributed by atoms with E-state index in [2.05, 4.69) is 0 Å². The first kappa shape index (κ1) is 16.7. The molecule has 1 aromatic rings. The minimum absolute atomic E-state index is 0.0889. The van der Waals surface area contributed by atoms with Crippen molar-refractivity contribution in [3.8, 4) is 0 Å². The van der Waals surface area contributed by atoms with E-state index in [1.54, 1.807) is 0 Å². The van der Waals surface area contributed by atoms with Crippen LogP contribution in [-0.2, 0) is 21.0 Å². The number of hydroxylamine groups is 2. The number of piperidine rings is 1. The number of likely N-dealkylation sites (N-methyl/N-ethyl adjacent to an activating group) is 1. The van der Waals surface area contributed by atoms with Gasteiger partial charge in [0.1, 0.15) is 12.3 Å². The summed E-state index contributed by atoms with van der Waals surface area (Å²) in [6, 6.07) is 9.28. The first-order valence-electron chi connectivity index (χ1n) is 7.40. The van der Waals surface area contributed by atoms with Gasteiger partial charge in [-0.1, -0.05) is 30.3 Å². The normalized spacial score (nSPS) is 22.1. The Hall–Kier alpha value is -1.70. The number of carbonyl (C=O) groups is 2. The van der Waals surface area contributed by atoms with E-state index >= 15 is 0 Å². The molecule has 0 spiro atoms. The van der Waals surface area contributed by atoms with Crippen molar-refractivity contribution in [1.82, 2.24) is 9.96 Å². The minimum atomic E-state index is -0.443. The summed E-state index contributed by atoms with van der Waals surface area (Å²) < 4.78 is 0. The van der Waals surface area contributed by atoms with Crippen LogP contribution in [-0.4, -0.2) is 60.2 Å². The Balaban J connectivity index is 1.89. The summed E-state index contributed by atoms with van der Waals surface area (Å²) >= 11 is 0. The molecule has 0 aromatic heterocycles. The second-order valence-corrected chi connectivity index (χ2v) is 5.54. The Labute approximate surface area is 130 Å². The molecule has 7 heteroatoms. The highest BCUT2D eigenvalue weighted by atomic mass is 16.7. The maximum atomic E-state index is 11.6. The predicted octanol–water partition coefficient (Wildman–Crippen LogP) is -0.0902. The molecule has 0 aliphatic carbocycles. The Morgan fingerprint density at radius 1 is 1.45 bits per heavy atom. The molecular formula is C15H21BN2O4. The highest BCUT2D eigenvalue weighted by Gasteiger charge is 2.33. The van der Waals surface area contributed by atoms with Gasteiger partial charge in [-0.15, -0.1) is 0 Å². The number of carbonyl (C=O) groups excluding carboxylic acids is 2. The van der Waals surface area contributed by atoms with Crippen LogP contribution < -0.4 is 0 Å². The second-order valence-electron chi connectivity index (χ2n) is 5.54. The van der Waals surface area contributed by atoms with E-state index in [-0.39, 0.29) is 17.8 Å². The van der Waals surface area contributed by atoms with E-state index in [0.29, 0.717) is 32.4 Å². The summed E-state index contributed by atoms with van der Waals surface area (Å²) in [6.07, 6.45) is 1.98. The number of benzene rings is 1. The predicted molar refractivity (Wildman–Crippen MR) is 82.9 cm³/mol. The molecule has 22 heavy (non-hydrogen) atoms. The summed E-state index contributed by atoms with van der Waals surface area (Å²) in [5.74, 6) is 0. The van der Waals surface area contributed by atoms with Gasteiger partial charge in [0.15, 0.2) is 0 Å². The van der Waals surface area contributed by atoms with Gasteiger partial charge >= 0.3 is 7.48 Å². The molecule has 1 fully saturated rings. The number of likely N-dealkylation sites (tertiary alicyclic amines) is 1. The Morgan fingerprint density at radius 3 is 2.77 bits per heavy atom. The van der Waals surface area contributed by atoms with Crippen LogP contribution in [0.25, 0.3) is 0 Å². The molecule has 1 aliphatic heterocycles. The largest absolute Gasteiger partial charge is 0.447 e. The molecule has 0 bridgehead atoms. The molecule has 118 valence electrons. The van der Waals surface area contributed by atoms with E-state index in [0.717, 1.165) is 5.56 Å². The molecule has 0 radical (unpaired) electrons. The number of hydrogen-bond acceptors (Lipinski definition) is 5. The van der Waals surface area contributed by atoms with E-state index in [1.807, 2.05) is 42.3 Å². The van der Waals surface area contributed by atoms with Crippen LogP contribution in [0.2, 0.25) is 0 Å². The molecule has 0 saturated carbocycles. The van der Waals surface area contributed by atoms with Crippen LogP contribution in [0.1, 0.15) is 18.4 Å². The molecule has 1 aliphatic rings. The summed E-state index contributed by atoms with van der Waals surface area (Å²) in [6.45, 7) is 0.878. The van der Waals surface area contributed by atoms with Gasteiger partial charge < -0.3 is 9.82 Å². The van der Waals surface area contributed by atoms with Gasteiger partial charge in [-0.3, -0.25) is 14.5 Å².